The van der Waals surface area contributed by atoms with Crippen molar-refractivity contribution in [2.45, 2.75) is 19.0 Å². The highest BCUT2D eigenvalue weighted by Crippen LogP contribution is 2.45. The summed E-state index contributed by atoms with van der Waals surface area (Å²) < 4.78 is 5.12. The molecule has 0 aliphatic carbocycles. The maximum Gasteiger partial charge on any atom is 0.335 e. The van der Waals surface area contributed by atoms with E-state index in [1.807, 2.05) is 29.2 Å². The number of carbonyl (C=O) groups is 2. The summed E-state index contributed by atoms with van der Waals surface area (Å²) >= 11 is 0. The van der Waals surface area contributed by atoms with Crippen LogP contribution in [0.5, 0.6) is 0 Å². The molecule has 2 aromatic rings. The van der Waals surface area contributed by atoms with Crippen LogP contribution in [-0.4, -0.2) is 60.1 Å². The fourth-order valence-electron chi connectivity index (χ4n) is 4.99. The summed E-state index contributed by atoms with van der Waals surface area (Å²) in [4.78, 5) is 28.6. The fraction of sp³-hybridized carbons (Fsp3) is 0.417. The molecule has 6 heteroatoms. The molecule has 0 aromatic heterocycles. The van der Waals surface area contributed by atoms with E-state index < -0.39 is 5.97 Å². The lowest BCUT2D eigenvalue weighted by Crippen LogP contribution is -2.36. The summed E-state index contributed by atoms with van der Waals surface area (Å²) in [5.74, 6) is 0.0521. The molecule has 0 unspecified atom stereocenters. The molecule has 3 atom stereocenters. The molecule has 0 spiro atoms. The van der Waals surface area contributed by atoms with Gasteiger partial charge in [0.15, 0.2) is 0 Å². The molecule has 2 saturated heterocycles. The van der Waals surface area contributed by atoms with Crippen molar-refractivity contribution in [1.29, 1.82) is 0 Å². The van der Waals surface area contributed by atoms with E-state index in [0.717, 1.165) is 31.7 Å². The van der Waals surface area contributed by atoms with Crippen LogP contribution in [-0.2, 0) is 16.1 Å². The molecule has 2 fully saturated rings. The zero-order valence-electron chi connectivity index (χ0n) is 17.2. The molecule has 1 amide bonds. The van der Waals surface area contributed by atoms with Crippen molar-refractivity contribution in [1.82, 2.24) is 9.80 Å². The highest BCUT2D eigenvalue weighted by Gasteiger charge is 2.48. The number of likely N-dealkylation sites (tertiary alicyclic amines) is 2. The van der Waals surface area contributed by atoms with Gasteiger partial charge in [0.05, 0.1) is 24.6 Å². The van der Waals surface area contributed by atoms with E-state index in [1.165, 1.54) is 5.56 Å². The van der Waals surface area contributed by atoms with Crippen LogP contribution in [0.3, 0.4) is 0 Å². The van der Waals surface area contributed by atoms with Crippen LogP contribution < -0.4 is 0 Å². The first kappa shape index (κ1) is 20.6. The minimum absolute atomic E-state index is 0.0795. The number of rotatable bonds is 7. The van der Waals surface area contributed by atoms with Crippen LogP contribution in [0.2, 0.25) is 0 Å². The first-order valence-corrected chi connectivity index (χ1v) is 10.4. The van der Waals surface area contributed by atoms with Gasteiger partial charge in [-0.1, -0.05) is 42.5 Å². The Morgan fingerprint density at radius 2 is 1.87 bits per heavy atom. The van der Waals surface area contributed by atoms with Crippen LogP contribution in [0.4, 0.5) is 0 Å². The van der Waals surface area contributed by atoms with Gasteiger partial charge in [-0.2, -0.15) is 0 Å². The molecule has 2 aromatic carbocycles. The van der Waals surface area contributed by atoms with Crippen molar-refractivity contribution in [3.8, 4) is 0 Å². The van der Waals surface area contributed by atoms with Crippen LogP contribution in [0, 0.1) is 11.8 Å². The summed E-state index contributed by atoms with van der Waals surface area (Å²) in [6.07, 6.45) is 0.408. The Labute approximate surface area is 177 Å². The molecule has 1 N–H and O–H groups in total. The zero-order chi connectivity index (χ0) is 21.1. The SMILES string of the molecule is COCCC(=O)N1C[C@@H]2CN(Cc3cccc(C(=O)O)c3)C[C@@H]2[C@H]1c1ccccc1. The Morgan fingerprint density at radius 3 is 2.60 bits per heavy atom. The summed E-state index contributed by atoms with van der Waals surface area (Å²) in [7, 11) is 1.62. The number of carboxylic acid groups (broad SMARTS) is 1. The molecule has 2 heterocycles. The van der Waals surface area contributed by atoms with Gasteiger partial charge in [-0.05, 0) is 29.2 Å². The largest absolute Gasteiger partial charge is 0.478 e. The number of carboxylic acids is 1. The molecular formula is C24H28N2O4. The van der Waals surface area contributed by atoms with Gasteiger partial charge in [-0.3, -0.25) is 9.69 Å². The molecule has 0 bridgehead atoms. The Morgan fingerprint density at radius 1 is 1.07 bits per heavy atom. The number of fused-ring (bicyclic) bond motifs is 1. The molecule has 6 nitrogen and oxygen atoms in total. The van der Waals surface area contributed by atoms with Crippen LogP contribution in [0.25, 0.3) is 0 Å². The Bertz CT molecular complexity index is 901. The van der Waals surface area contributed by atoms with E-state index in [9.17, 15) is 14.7 Å². The lowest BCUT2D eigenvalue weighted by Gasteiger charge is -2.30. The fourth-order valence-corrected chi connectivity index (χ4v) is 4.99. The topological polar surface area (TPSA) is 70.1 Å². The second-order valence-corrected chi connectivity index (χ2v) is 8.27. The normalized spacial score (nSPS) is 23.5. The van der Waals surface area contributed by atoms with Crippen molar-refractivity contribution in [2.24, 2.45) is 11.8 Å². The third-order valence-corrected chi connectivity index (χ3v) is 6.30. The van der Waals surface area contributed by atoms with E-state index in [0.29, 0.717) is 30.4 Å². The molecule has 4 rings (SSSR count). The quantitative estimate of drug-likeness (QED) is 0.763. The number of nitrogens with zero attached hydrogens (tertiary/aromatic N) is 2. The third-order valence-electron chi connectivity index (χ3n) is 6.30. The number of hydrogen-bond donors (Lipinski definition) is 1. The predicted octanol–water partition coefficient (Wildman–Crippen LogP) is 3.05. The number of aromatic carboxylic acids is 1. The first-order valence-electron chi connectivity index (χ1n) is 10.4. The highest BCUT2D eigenvalue weighted by atomic mass is 16.5. The van der Waals surface area contributed by atoms with Crippen molar-refractivity contribution in [3.05, 3.63) is 71.3 Å². The number of carbonyl (C=O) groups excluding carboxylic acids is 1. The number of amides is 1. The monoisotopic (exact) mass is 408 g/mol. The molecule has 0 saturated carbocycles. The minimum Gasteiger partial charge on any atom is -0.478 e. The smallest absolute Gasteiger partial charge is 0.335 e. The Balaban J connectivity index is 1.51. The Kier molecular flexibility index (Phi) is 6.16. The lowest BCUT2D eigenvalue weighted by atomic mass is 9.89. The van der Waals surface area contributed by atoms with Crippen LogP contribution in [0.1, 0.15) is 33.9 Å². The number of ether oxygens (including phenoxy) is 1. The predicted molar refractivity (Wildman–Crippen MR) is 113 cm³/mol. The minimum atomic E-state index is -0.899. The number of hydrogen-bond acceptors (Lipinski definition) is 4. The summed E-state index contributed by atoms with van der Waals surface area (Å²) in [6, 6.07) is 17.5. The van der Waals surface area contributed by atoms with Gasteiger partial charge in [0.1, 0.15) is 0 Å². The Hall–Kier alpha value is -2.70. The molecule has 2 aliphatic heterocycles. The van der Waals surface area contributed by atoms with E-state index in [4.69, 9.17) is 4.74 Å². The third kappa shape index (κ3) is 4.25. The van der Waals surface area contributed by atoms with Crippen molar-refractivity contribution in [2.75, 3.05) is 33.4 Å². The molecule has 2 aliphatic rings. The molecule has 0 radical (unpaired) electrons. The van der Waals surface area contributed by atoms with Gasteiger partial charge in [-0.25, -0.2) is 4.79 Å². The summed E-state index contributed by atoms with van der Waals surface area (Å²) in [6.45, 7) is 3.75. The van der Waals surface area contributed by atoms with Gasteiger partial charge in [0.2, 0.25) is 5.91 Å². The molecule has 158 valence electrons. The van der Waals surface area contributed by atoms with E-state index in [-0.39, 0.29) is 11.9 Å². The zero-order valence-corrected chi connectivity index (χ0v) is 17.2. The molecular weight excluding hydrogens is 380 g/mol. The second-order valence-electron chi connectivity index (χ2n) is 8.27. The average molecular weight is 408 g/mol. The maximum atomic E-state index is 12.9. The van der Waals surface area contributed by atoms with Gasteiger partial charge in [0.25, 0.3) is 0 Å². The second kappa shape index (κ2) is 8.98. The highest BCUT2D eigenvalue weighted by molar-refractivity contribution is 5.87. The standard InChI is InChI=1S/C24H28N2O4/c1-30-11-10-22(27)26-15-20-14-25(13-17-6-5-9-19(12-17)24(28)29)16-21(20)23(26)18-7-3-2-4-8-18/h2-9,12,20-21,23H,10-11,13-16H2,1H3,(H,28,29)/t20-,21-,23+/m0/s1. The van der Waals surface area contributed by atoms with Gasteiger partial charge in [-0.15, -0.1) is 0 Å². The van der Waals surface area contributed by atoms with Gasteiger partial charge >= 0.3 is 5.97 Å². The van der Waals surface area contributed by atoms with Crippen molar-refractivity contribution >= 4 is 11.9 Å². The van der Waals surface area contributed by atoms with Crippen LogP contribution in [0.15, 0.2) is 54.6 Å². The van der Waals surface area contributed by atoms with Gasteiger partial charge < -0.3 is 14.7 Å². The average Bonchev–Trinajstić information content (AvgIpc) is 3.30. The summed E-state index contributed by atoms with van der Waals surface area (Å²) in [5.41, 5.74) is 2.52. The maximum absolute atomic E-state index is 12.9. The van der Waals surface area contributed by atoms with E-state index >= 15 is 0 Å². The van der Waals surface area contributed by atoms with Crippen molar-refractivity contribution in [3.63, 3.8) is 0 Å². The van der Waals surface area contributed by atoms with Gasteiger partial charge in [0, 0.05) is 39.2 Å². The van der Waals surface area contributed by atoms with Crippen molar-refractivity contribution < 1.29 is 19.4 Å². The molecule has 30 heavy (non-hydrogen) atoms. The lowest BCUT2D eigenvalue weighted by molar-refractivity contribution is -0.133. The number of benzene rings is 2. The first-order chi connectivity index (χ1) is 14.6. The van der Waals surface area contributed by atoms with Crippen LogP contribution >= 0.6 is 0 Å². The van der Waals surface area contributed by atoms with E-state index in [2.05, 4.69) is 17.0 Å². The number of methoxy groups -OCH3 is 1. The van der Waals surface area contributed by atoms with E-state index in [1.54, 1.807) is 25.3 Å². The summed E-state index contributed by atoms with van der Waals surface area (Å²) in [5, 5.41) is 9.24.